The first-order valence-corrected chi connectivity index (χ1v) is 7.15. The number of nitrogens with zero attached hydrogens (tertiary/aromatic N) is 1. The first kappa shape index (κ1) is 15.5. The van der Waals surface area contributed by atoms with Crippen molar-refractivity contribution in [3.63, 3.8) is 0 Å². The van der Waals surface area contributed by atoms with Crippen LogP contribution in [0.2, 0.25) is 0 Å². The number of amides is 2. The third kappa shape index (κ3) is 3.69. The summed E-state index contributed by atoms with van der Waals surface area (Å²) in [6, 6.07) is 7.48. The van der Waals surface area contributed by atoms with Gasteiger partial charge in [0.25, 0.3) is 11.5 Å². The largest absolute Gasteiger partial charge is 0.486 e. The minimum atomic E-state index is -0.566. The Balaban J connectivity index is 1.55. The van der Waals surface area contributed by atoms with Crippen molar-refractivity contribution in [2.24, 2.45) is 0 Å². The second-order valence-electron chi connectivity index (χ2n) is 4.90. The molecule has 3 N–H and O–H groups in total. The molecule has 2 amide bonds. The van der Waals surface area contributed by atoms with E-state index < -0.39 is 17.4 Å². The molecule has 0 atom stereocenters. The van der Waals surface area contributed by atoms with Gasteiger partial charge < -0.3 is 20.1 Å². The molecule has 0 fully saturated rings. The fourth-order valence-electron chi connectivity index (χ4n) is 2.05. The predicted octanol–water partition coefficient (Wildman–Crippen LogP) is -0.0904. The van der Waals surface area contributed by atoms with E-state index in [-0.39, 0.29) is 12.2 Å². The number of aromatic nitrogens is 2. The van der Waals surface area contributed by atoms with Crippen molar-refractivity contribution in [2.45, 2.75) is 0 Å². The van der Waals surface area contributed by atoms with Crippen molar-refractivity contribution in [2.75, 3.05) is 25.1 Å². The van der Waals surface area contributed by atoms with Crippen LogP contribution in [0.1, 0.15) is 10.5 Å². The topological polar surface area (TPSA) is 122 Å². The molecular formula is C15H14N4O5. The number of aromatic amines is 1. The van der Waals surface area contributed by atoms with Crippen molar-refractivity contribution in [3.8, 4) is 11.5 Å². The molecule has 1 aliphatic heterocycles. The number of rotatable bonds is 4. The van der Waals surface area contributed by atoms with Crippen LogP contribution in [0, 0.1) is 0 Å². The zero-order chi connectivity index (χ0) is 16.9. The monoisotopic (exact) mass is 330 g/mol. The summed E-state index contributed by atoms with van der Waals surface area (Å²) in [4.78, 5) is 34.6. The van der Waals surface area contributed by atoms with Crippen LogP contribution in [-0.2, 0) is 4.79 Å². The lowest BCUT2D eigenvalue weighted by molar-refractivity contribution is -0.115. The Morgan fingerprint density at radius 2 is 1.92 bits per heavy atom. The summed E-state index contributed by atoms with van der Waals surface area (Å²) in [5.74, 6) is 0.199. The molecule has 0 saturated heterocycles. The van der Waals surface area contributed by atoms with Gasteiger partial charge >= 0.3 is 0 Å². The van der Waals surface area contributed by atoms with E-state index in [0.29, 0.717) is 30.4 Å². The number of nitrogens with one attached hydrogen (secondary N) is 3. The maximum atomic E-state index is 11.9. The summed E-state index contributed by atoms with van der Waals surface area (Å²) in [6.07, 6.45) is 0. The Hall–Kier alpha value is -3.36. The average molecular weight is 330 g/mol. The lowest BCUT2D eigenvalue weighted by Crippen LogP contribution is -2.33. The fraction of sp³-hybridized carbons (Fsp3) is 0.200. The molecule has 3 rings (SSSR count). The minimum Gasteiger partial charge on any atom is -0.486 e. The van der Waals surface area contributed by atoms with Crippen LogP contribution in [-0.4, -0.2) is 41.8 Å². The summed E-state index contributed by atoms with van der Waals surface area (Å²) in [7, 11) is 0. The third-order valence-electron chi connectivity index (χ3n) is 3.15. The van der Waals surface area contributed by atoms with Crippen LogP contribution in [0.25, 0.3) is 0 Å². The van der Waals surface area contributed by atoms with E-state index in [1.807, 2.05) is 0 Å². The second-order valence-corrected chi connectivity index (χ2v) is 4.90. The first-order valence-electron chi connectivity index (χ1n) is 7.15. The summed E-state index contributed by atoms with van der Waals surface area (Å²) >= 11 is 0. The van der Waals surface area contributed by atoms with E-state index in [1.165, 1.54) is 12.1 Å². The Labute approximate surface area is 136 Å². The number of benzene rings is 1. The summed E-state index contributed by atoms with van der Waals surface area (Å²) in [5, 5.41) is 10.8. The van der Waals surface area contributed by atoms with Crippen LogP contribution < -0.4 is 25.7 Å². The Morgan fingerprint density at radius 3 is 2.67 bits per heavy atom. The van der Waals surface area contributed by atoms with Crippen molar-refractivity contribution in [1.29, 1.82) is 0 Å². The maximum absolute atomic E-state index is 11.9. The Morgan fingerprint density at radius 1 is 1.12 bits per heavy atom. The second kappa shape index (κ2) is 6.82. The number of hydrogen-bond donors (Lipinski definition) is 3. The highest BCUT2D eigenvalue weighted by Gasteiger charge is 2.13. The van der Waals surface area contributed by atoms with Crippen molar-refractivity contribution in [3.05, 3.63) is 46.4 Å². The molecule has 24 heavy (non-hydrogen) atoms. The fourth-order valence-corrected chi connectivity index (χ4v) is 2.05. The number of anilines is 1. The molecule has 2 heterocycles. The molecule has 0 aliphatic carbocycles. The highest BCUT2D eigenvalue weighted by Crippen LogP contribution is 2.32. The van der Waals surface area contributed by atoms with Crippen LogP contribution in [0.5, 0.6) is 11.5 Å². The molecule has 0 saturated carbocycles. The highest BCUT2D eigenvalue weighted by molar-refractivity contribution is 5.98. The van der Waals surface area contributed by atoms with Gasteiger partial charge in [-0.15, -0.1) is 0 Å². The standard InChI is InChI=1S/C15H14N4O5/c20-13-4-2-10(18-19-13)15(22)16-8-14(21)17-9-1-3-11-12(7-9)24-6-5-23-11/h1-4,7H,5-6,8H2,(H,16,22)(H,17,21)(H,19,20). The molecule has 0 unspecified atom stereocenters. The molecule has 9 nitrogen and oxygen atoms in total. The summed E-state index contributed by atoms with van der Waals surface area (Å²) < 4.78 is 10.8. The molecule has 1 aliphatic rings. The van der Waals surface area contributed by atoms with Crippen LogP contribution in [0.3, 0.4) is 0 Å². The third-order valence-corrected chi connectivity index (χ3v) is 3.15. The van der Waals surface area contributed by atoms with Gasteiger partial charge in [0.05, 0.1) is 6.54 Å². The molecule has 2 aromatic rings. The van der Waals surface area contributed by atoms with Crippen molar-refractivity contribution >= 4 is 17.5 Å². The van der Waals surface area contributed by atoms with E-state index >= 15 is 0 Å². The maximum Gasteiger partial charge on any atom is 0.272 e. The van der Waals surface area contributed by atoms with Crippen LogP contribution in [0.4, 0.5) is 5.69 Å². The zero-order valence-corrected chi connectivity index (χ0v) is 12.5. The van der Waals surface area contributed by atoms with Gasteiger partial charge in [0.15, 0.2) is 11.5 Å². The molecule has 9 heteroatoms. The average Bonchev–Trinajstić information content (AvgIpc) is 2.60. The number of carbonyl (C=O) groups excluding carboxylic acids is 2. The van der Waals surface area contributed by atoms with Gasteiger partial charge in [-0.05, 0) is 18.2 Å². The number of carbonyl (C=O) groups is 2. The van der Waals surface area contributed by atoms with E-state index in [1.54, 1.807) is 18.2 Å². The number of ether oxygens (including phenoxy) is 2. The van der Waals surface area contributed by atoms with Crippen molar-refractivity contribution < 1.29 is 19.1 Å². The predicted molar refractivity (Wildman–Crippen MR) is 83.3 cm³/mol. The highest BCUT2D eigenvalue weighted by atomic mass is 16.6. The number of H-pyrrole nitrogens is 1. The van der Waals surface area contributed by atoms with Gasteiger partial charge in [0.1, 0.15) is 18.9 Å². The van der Waals surface area contributed by atoms with E-state index in [9.17, 15) is 14.4 Å². The normalized spacial score (nSPS) is 12.3. The van der Waals surface area contributed by atoms with Crippen LogP contribution in [0.15, 0.2) is 35.1 Å². The SMILES string of the molecule is O=C(CNC(=O)c1ccc(=O)[nH]n1)Nc1ccc2c(c1)OCCO2. The van der Waals surface area contributed by atoms with Gasteiger partial charge in [-0.25, -0.2) is 5.10 Å². The Kier molecular flexibility index (Phi) is 4.41. The molecule has 1 aromatic carbocycles. The van der Waals surface area contributed by atoms with Crippen molar-refractivity contribution in [1.82, 2.24) is 15.5 Å². The van der Waals surface area contributed by atoms with E-state index in [0.717, 1.165) is 0 Å². The van der Waals surface area contributed by atoms with Crippen LogP contribution >= 0.6 is 0 Å². The van der Waals surface area contributed by atoms with Gasteiger partial charge in [-0.1, -0.05) is 0 Å². The lowest BCUT2D eigenvalue weighted by atomic mass is 10.2. The summed E-state index contributed by atoms with van der Waals surface area (Å²) in [5.41, 5.74) is 0.130. The van der Waals surface area contributed by atoms with Gasteiger partial charge in [0.2, 0.25) is 5.91 Å². The van der Waals surface area contributed by atoms with E-state index in [2.05, 4.69) is 20.8 Å². The number of hydrogen-bond acceptors (Lipinski definition) is 6. The Bertz CT molecular complexity index is 812. The molecule has 124 valence electrons. The number of fused-ring (bicyclic) bond motifs is 1. The molecule has 1 aromatic heterocycles. The quantitative estimate of drug-likeness (QED) is 0.720. The molecular weight excluding hydrogens is 316 g/mol. The lowest BCUT2D eigenvalue weighted by Gasteiger charge is -2.19. The van der Waals surface area contributed by atoms with Gasteiger partial charge in [-0.2, -0.15) is 5.10 Å². The smallest absolute Gasteiger partial charge is 0.272 e. The zero-order valence-electron chi connectivity index (χ0n) is 12.5. The first-order chi connectivity index (χ1) is 11.6. The minimum absolute atomic E-state index is 0.0155. The van der Waals surface area contributed by atoms with Gasteiger partial charge in [-0.3, -0.25) is 14.4 Å². The summed E-state index contributed by atoms with van der Waals surface area (Å²) in [6.45, 7) is 0.699. The molecule has 0 radical (unpaired) electrons. The van der Waals surface area contributed by atoms with E-state index in [4.69, 9.17) is 9.47 Å². The van der Waals surface area contributed by atoms with Gasteiger partial charge in [0, 0.05) is 17.8 Å². The molecule has 0 bridgehead atoms. The molecule has 0 spiro atoms.